The molecule has 1 atom stereocenters. The number of amides is 2. The quantitative estimate of drug-likeness (QED) is 0.542. The number of carbonyl (C=O) groups excluding carboxylic acids is 2. The van der Waals surface area contributed by atoms with Crippen molar-refractivity contribution in [2.45, 2.75) is 85.7 Å². The molecule has 0 N–H and O–H groups in total. The summed E-state index contributed by atoms with van der Waals surface area (Å²) in [6, 6.07) is 4.33. The topological polar surface area (TPSA) is 45.6 Å². The third-order valence-electron chi connectivity index (χ3n) is 5.64. The number of hydrogen-bond acceptors (Lipinski definition) is 2. The zero-order valence-corrected chi connectivity index (χ0v) is 19.4. The minimum Gasteiger partial charge on any atom is -0.353 e. The second-order valence-electron chi connectivity index (χ2n) is 10.1. The summed E-state index contributed by atoms with van der Waals surface area (Å²) in [6.45, 7) is 12.5. The zero-order chi connectivity index (χ0) is 21.6. The van der Waals surface area contributed by atoms with E-state index in [0.717, 1.165) is 44.3 Å². The predicted molar refractivity (Wildman–Crippen MR) is 118 cm³/mol. The largest absolute Gasteiger partial charge is 0.353 e. The van der Waals surface area contributed by atoms with Gasteiger partial charge in [-0.05, 0) is 49.1 Å². The standard InChI is InChI=1S/C24H41N3O2/c1-7-8-14-26(17-21-10-9-13-25(21)6)23(29)18-27(20-11-12-20)22(28)15-19(2)16-24(3,4)5/h9-10,13,19-20H,7-8,11-12,14-18H2,1-6H3/t19-/m0/s1. The summed E-state index contributed by atoms with van der Waals surface area (Å²) in [7, 11) is 2.01. The number of aryl methyl sites for hydroxylation is 1. The van der Waals surface area contributed by atoms with Gasteiger partial charge in [0.15, 0.2) is 0 Å². The molecule has 1 saturated carbocycles. The van der Waals surface area contributed by atoms with Crippen molar-refractivity contribution < 1.29 is 9.59 Å². The van der Waals surface area contributed by atoms with Gasteiger partial charge < -0.3 is 14.4 Å². The monoisotopic (exact) mass is 403 g/mol. The van der Waals surface area contributed by atoms with Crippen LogP contribution in [-0.2, 0) is 23.2 Å². The number of carbonyl (C=O) groups is 2. The van der Waals surface area contributed by atoms with E-state index in [4.69, 9.17) is 0 Å². The molecule has 1 aliphatic rings. The molecule has 0 bridgehead atoms. The SMILES string of the molecule is CCCCN(Cc1cccn1C)C(=O)CN(C(=O)C[C@H](C)CC(C)(C)C)C1CC1. The Morgan fingerprint density at radius 1 is 1.24 bits per heavy atom. The minimum absolute atomic E-state index is 0.0726. The Bertz CT molecular complexity index is 670. The number of hydrogen-bond donors (Lipinski definition) is 0. The van der Waals surface area contributed by atoms with Crippen molar-refractivity contribution in [3.05, 3.63) is 24.0 Å². The molecule has 0 aromatic carbocycles. The third kappa shape index (κ3) is 7.87. The Hall–Kier alpha value is -1.78. The van der Waals surface area contributed by atoms with E-state index < -0.39 is 0 Å². The highest BCUT2D eigenvalue weighted by Crippen LogP contribution is 2.30. The summed E-state index contributed by atoms with van der Waals surface area (Å²) in [6.07, 6.45) is 7.64. The molecule has 2 amide bonds. The molecule has 5 nitrogen and oxygen atoms in total. The molecule has 1 aromatic heterocycles. The molecule has 1 heterocycles. The van der Waals surface area contributed by atoms with Crippen LogP contribution in [0.25, 0.3) is 0 Å². The van der Waals surface area contributed by atoms with Crippen molar-refractivity contribution in [3.63, 3.8) is 0 Å². The molecule has 1 fully saturated rings. The smallest absolute Gasteiger partial charge is 0.242 e. The molecule has 0 unspecified atom stereocenters. The molecule has 1 aliphatic carbocycles. The molecule has 1 aromatic rings. The lowest BCUT2D eigenvalue weighted by Crippen LogP contribution is -2.44. The number of unbranched alkanes of at least 4 members (excludes halogenated alkanes) is 1. The van der Waals surface area contributed by atoms with Crippen LogP contribution in [0.4, 0.5) is 0 Å². The summed E-state index contributed by atoms with van der Waals surface area (Å²) in [5.74, 6) is 0.550. The highest BCUT2D eigenvalue weighted by molar-refractivity contribution is 5.85. The summed E-state index contributed by atoms with van der Waals surface area (Å²) >= 11 is 0. The van der Waals surface area contributed by atoms with Gasteiger partial charge in [-0.15, -0.1) is 0 Å². The Balaban J connectivity index is 2.01. The van der Waals surface area contributed by atoms with Gasteiger partial charge in [0.25, 0.3) is 0 Å². The van der Waals surface area contributed by atoms with Gasteiger partial charge >= 0.3 is 0 Å². The van der Waals surface area contributed by atoms with Crippen molar-refractivity contribution in [3.8, 4) is 0 Å². The predicted octanol–water partition coefficient (Wildman–Crippen LogP) is 4.61. The van der Waals surface area contributed by atoms with Crippen LogP contribution >= 0.6 is 0 Å². The highest BCUT2D eigenvalue weighted by Gasteiger charge is 2.35. The maximum atomic E-state index is 13.2. The fraction of sp³-hybridized carbons (Fsp3) is 0.750. The van der Waals surface area contributed by atoms with Crippen LogP contribution < -0.4 is 0 Å². The zero-order valence-electron chi connectivity index (χ0n) is 19.4. The average Bonchev–Trinajstić information content (AvgIpc) is 3.37. The van der Waals surface area contributed by atoms with Gasteiger partial charge in [-0.25, -0.2) is 0 Å². The summed E-state index contributed by atoms with van der Waals surface area (Å²) in [5.41, 5.74) is 1.34. The molecule has 2 rings (SSSR count). The maximum absolute atomic E-state index is 13.2. The Kier molecular flexibility index (Phi) is 8.35. The molecule has 0 aliphatic heterocycles. The number of nitrogens with zero attached hydrogens (tertiary/aromatic N) is 3. The number of aromatic nitrogens is 1. The van der Waals surface area contributed by atoms with Crippen LogP contribution in [0.3, 0.4) is 0 Å². The third-order valence-corrected chi connectivity index (χ3v) is 5.64. The summed E-state index contributed by atoms with van der Waals surface area (Å²) in [4.78, 5) is 30.0. The van der Waals surface area contributed by atoms with Crippen LogP contribution in [0.1, 0.15) is 78.8 Å². The molecule has 5 heteroatoms. The first-order chi connectivity index (χ1) is 13.6. The van der Waals surface area contributed by atoms with Crippen molar-refractivity contribution in [1.29, 1.82) is 0 Å². The van der Waals surface area contributed by atoms with Crippen LogP contribution in [0, 0.1) is 11.3 Å². The van der Waals surface area contributed by atoms with Crippen LogP contribution in [0.5, 0.6) is 0 Å². The van der Waals surface area contributed by atoms with Gasteiger partial charge in [0.05, 0.1) is 6.54 Å². The van der Waals surface area contributed by atoms with Crippen LogP contribution in [-0.4, -0.2) is 45.3 Å². The minimum atomic E-state index is 0.0726. The van der Waals surface area contributed by atoms with E-state index in [1.807, 2.05) is 29.1 Å². The van der Waals surface area contributed by atoms with E-state index in [9.17, 15) is 9.59 Å². The fourth-order valence-corrected chi connectivity index (χ4v) is 4.08. The first-order valence-corrected chi connectivity index (χ1v) is 11.3. The van der Waals surface area contributed by atoms with E-state index in [2.05, 4.69) is 45.3 Å². The van der Waals surface area contributed by atoms with Gasteiger partial charge in [-0.3, -0.25) is 9.59 Å². The lowest BCUT2D eigenvalue weighted by Gasteiger charge is -2.29. The fourth-order valence-electron chi connectivity index (χ4n) is 4.08. The lowest BCUT2D eigenvalue weighted by atomic mass is 9.84. The van der Waals surface area contributed by atoms with E-state index in [1.54, 1.807) is 0 Å². The number of rotatable bonds is 11. The second kappa shape index (κ2) is 10.3. The van der Waals surface area contributed by atoms with Gasteiger partial charge in [-0.1, -0.05) is 41.0 Å². The average molecular weight is 404 g/mol. The molecular weight excluding hydrogens is 362 g/mol. The Labute approximate surface area is 177 Å². The Morgan fingerprint density at radius 3 is 2.45 bits per heavy atom. The molecule has 0 radical (unpaired) electrons. The van der Waals surface area contributed by atoms with Crippen LogP contribution in [0.15, 0.2) is 18.3 Å². The van der Waals surface area contributed by atoms with Crippen molar-refractivity contribution >= 4 is 11.8 Å². The van der Waals surface area contributed by atoms with E-state index >= 15 is 0 Å². The van der Waals surface area contributed by atoms with Crippen molar-refractivity contribution in [2.75, 3.05) is 13.1 Å². The molecular formula is C24H41N3O2. The molecule has 0 spiro atoms. The van der Waals surface area contributed by atoms with Gasteiger partial charge in [0.2, 0.25) is 11.8 Å². The highest BCUT2D eigenvalue weighted by atomic mass is 16.2. The van der Waals surface area contributed by atoms with Gasteiger partial charge in [0.1, 0.15) is 6.54 Å². The normalized spacial score (nSPS) is 15.2. The Morgan fingerprint density at radius 2 is 1.93 bits per heavy atom. The molecule has 0 saturated heterocycles. The lowest BCUT2D eigenvalue weighted by molar-refractivity contribution is -0.142. The van der Waals surface area contributed by atoms with Crippen LogP contribution in [0.2, 0.25) is 0 Å². The maximum Gasteiger partial charge on any atom is 0.242 e. The van der Waals surface area contributed by atoms with E-state index in [-0.39, 0.29) is 29.8 Å². The van der Waals surface area contributed by atoms with Crippen molar-refractivity contribution in [2.24, 2.45) is 18.4 Å². The van der Waals surface area contributed by atoms with Crippen molar-refractivity contribution in [1.82, 2.24) is 14.4 Å². The summed E-state index contributed by atoms with van der Waals surface area (Å²) in [5, 5.41) is 0. The second-order valence-corrected chi connectivity index (χ2v) is 10.1. The molecule has 164 valence electrons. The van der Waals surface area contributed by atoms with E-state index in [1.165, 1.54) is 0 Å². The molecule has 29 heavy (non-hydrogen) atoms. The summed E-state index contributed by atoms with van der Waals surface area (Å²) < 4.78 is 2.06. The van der Waals surface area contributed by atoms with Gasteiger partial charge in [0, 0.05) is 37.9 Å². The first kappa shape index (κ1) is 23.5. The van der Waals surface area contributed by atoms with E-state index in [0.29, 0.717) is 18.9 Å². The first-order valence-electron chi connectivity index (χ1n) is 11.3. The van der Waals surface area contributed by atoms with Gasteiger partial charge in [-0.2, -0.15) is 0 Å².